The van der Waals surface area contributed by atoms with Crippen LogP contribution in [0.1, 0.15) is 53.0 Å². The minimum Gasteiger partial charge on any atom is -0.443 e. The van der Waals surface area contributed by atoms with Crippen LogP contribution in [0.4, 0.5) is 10.3 Å². The number of anilines is 1. The average Bonchev–Trinajstić information content (AvgIpc) is 3.15. The van der Waals surface area contributed by atoms with E-state index in [0.29, 0.717) is 31.0 Å². The van der Waals surface area contributed by atoms with Gasteiger partial charge in [0.15, 0.2) is 0 Å². The number of amides is 1. The summed E-state index contributed by atoms with van der Waals surface area (Å²) < 4.78 is 19.3. The third-order valence-corrected chi connectivity index (χ3v) is 4.87. The van der Waals surface area contributed by atoms with Gasteiger partial charge in [0, 0.05) is 19.0 Å². The number of halogens is 1. The molecule has 2 aromatic heterocycles. The molecule has 0 bridgehead atoms. The highest BCUT2D eigenvalue weighted by atomic mass is 19.1. The van der Waals surface area contributed by atoms with Crippen LogP contribution in [0.15, 0.2) is 45.7 Å². The largest absolute Gasteiger partial charge is 0.443 e. The van der Waals surface area contributed by atoms with Crippen molar-refractivity contribution in [1.29, 1.82) is 0 Å². The van der Waals surface area contributed by atoms with Gasteiger partial charge in [0.05, 0.1) is 6.20 Å². The average molecular weight is 397 g/mol. The summed E-state index contributed by atoms with van der Waals surface area (Å²) in [6, 6.07) is 7.06. The maximum atomic E-state index is 13.4. The number of nitrogen functional groups attached to an aromatic ring is 1. The van der Waals surface area contributed by atoms with E-state index in [2.05, 4.69) is 15.0 Å². The van der Waals surface area contributed by atoms with E-state index >= 15 is 0 Å². The summed E-state index contributed by atoms with van der Waals surface area (Å²) in [4.78, 5) is 36.9. The molecule has 3 aromatic rings. The Kier molecular flexibility index (Phi) is 5.11. The molecule has 9 heteroatoms. The Labute approximate surface area is 165 Å². The Morgan fingerprint density at radius 2 is 2.21 bits per heavy atom. The summed E-state index contributed by atoms with van der Waals surface area (Å²) in [6.07, 6.45) is 4.43. The van der Waals surface area contributed by atoms with E-state index in [1.165, 1.54) is 12.1 Å². The summed E-state index contributed by atoms with van der Waals surface area (Å²) in [6.45, 7) is 0.499. The van der Waals surface area contributed by atoms with Gasteiger partial charge in [0.1, 0.15) is 23.3 Å². The van der Waals surface area contributed by atoms with Gasteiger partial charge in [-0.15, -0.1) is 0 Å². The Hall–Kier alpha value is -3.49. The molecule has 150 valence electrons. The first-order chi connectivity index (χ1) is 14.0. The molecule has 4 rings (SSSR count). The third kappa shape index (κ3) is 4.18. The van der Waals surface area contributed by atoms with Gasteiger partial charge < -0.3 is 15.1 Å². The number of H-pyrrole nitrogens is 1. The fourth-order valence-electron chi connectivity index (χ4n) is 3.57. The van der Waals surface area contributed by atoms with Crippen molar-refractivity contribution in [3.63, 3.8) is 0 Å². The maximum Gasteiger partial charge on any atom is 0.273 e. The Morgan fingerprint density at radius 3 is 3.00 bits per heavy atom. The summed E-state index contributed by atoms with van der Waals surface area (Å²) >= 11 is 0. The van der Waals surface area contributed by atoms with Crippen LogP contribution < -0.4 is 11.3 Å². The van der Waals surface area contributed by atoms with Crippen LogP contribution in [0, 0.1) is 5.82 Å². The highest BCUT2D eigenvalue weighted by molar-refractivity contribution is 5.92. The van der Waals surface area contributed by atoms with E-state index in [4.69, 9.17) is 10.2 Å². The van der Waals surface area contributed by atoms with Gasteiger partial charge in [0.25, 0.3) is 11.5 Å². The van der Waals surface area contributed by atoms with E-state index in [9.17, 15) is 14.0 Å². The lowest BCUT2D eigenvalue weighted by molar-refractivity contribution is 0.0564. The van der Waals surface area contributed by atoms with Crippen LogP contribution in [0.5, 0.6) is 0 Å². The number of carbonyl (C=O) groups excluding carboxylic acids is 1. The van der Waals surface area contributed by atoms with E-state index in [1.54, 1.807) is 17.2 Å². The van der Waals surface area contributed by atoms with E-state index in [0.717, 1.165) is 24.5 Å². The first-order valence-electron chi connectivity index (χ1n) is 9.36. The molecule has 3 heterocycles. The quantitative estimate of drug-likeness (QED) is 0.698. The lowest BCUT2D eigenvalue weighted by atomic mass is 10.0. The Balaban J connectivity index is 1.57. The summed E-state index contributed by atoms with van der Waals surface area (Å²) in [7, 11) is 0. The highest BCUT2D eigenvalue weighted by Gasteiger charge is 2.32. The molecule has 1 atom stereocenters. The zero-order valence-corrected chi connectivity index (χ0v) is 15.6. The van der Waals surface area contributed by atoms with Gasteiger partial charge in [-0.3, -0.25) is 14.6 Å². The fourth-order valence-corrected chi connectivity index (χ4v) is 3.57. The monoisotopic (exact) mass is 397 g/mol. The van der Waals surface area contributed by atoms with Crippen molar-refractivity contribution in [2.75, 3.05) is 12.3 Å². The van der Waals surface area contributed by atoms with Crippen molar-refractivity contribution in [1.82, 2.24) is 19.9 Å². The molecule has 0 aliphatic carbocycles. The van der Waals surface area contributed by atoms with Gasteiger partial charge in [-0.1, -0.05) is 12.1 Å². The van der Waals surface area contributed by atoms with Crippen molar-refractivity contribution in [3.05, 3.63) is 75.6 Å². The lowest BCUT2D eigenvalue weighted by Crippen LogP contribution is -2.39. The van der Waals surface area contributed by atoms with Crippen LogP contribution >= 0.6 is 0 Å². The minimum absolute atomic E-state index is 0.00955. The van der Waals surface area contributed by atoms with E-state index < -0.39 is 11.5 Å². The second-order valence-electron chi connectivity index (χ2n) is 7.00. The Bertz CT molecular complexity index is 1090. The summed E-state index contributed by atoms with van der Waals surface area (Å²) in [5.74, 6) is 0.195. The van der Waals surface area contributed by atoms with Gasteiger partial charge in [-0.2, -0.15) is 0 Å². The molecule has 1 unspecified atom stereocenters. The number of aromatic amines is 1. The number of nitrogens with one attached hydrogen (secondary N) is 1. The Morgan fingerprint density at radius 1 is 1.34 bits per heavy atom. The number of nitrogens with two attached hydrogens (primary N) is 1. The van der Waals surface area contributed by atoms with Crippen molar-refractivity contribution in [2.45, 2.75) is 31.7 Å². The van der Waals surface area contributed by atoms with Gasteiger partial charge in [-0.25, -0.2) is 14.4 Å². The molecule has 0 spiro atoms. The van der Waals surface area contributed by atoms with Gasteiger partial charge in [-0.05, 0) is 37.0 Å². The lowest BCUT2D eigenvalue weighted by Gasteiger charge is -2.33. The molecule has 1 aliphatic heterocycles. The number of nitrogens with zero attached hydrogens (tertiary/aromatic N) is 3. The topological polar surface area (TPSA) is 118 Å². The predicted molar refractivity (Wildman–Crippen MR) is 103 cm³/mol. The van der Waals surface area contributed by atoms with Crippen molar-refractivity contribution >= 4 is 11.9 Å². The number of hydrogen-bond donors (Lipinski definition) is 2. The number of aromatic nitrogens is 3. The number of rotatable bonds is 4. The molecule has 1 aromatic carbocycles. The standard InChI is InChI=1S/C20H20FN5O3/c21-13-5-3-4-12(8-13)9-14-11-23-18(29-14)16-6-1-2-7-26(16)19(28)15-10-17(27)25-20(22)24-15/h3-5,8,10-11,16H,1-2,6-7,9H2,(H3,22,24,25,27). The second kappa shape index (κ2) is 7.86. The molecule has 3 N–H and O–H groups in total. The third-order valence-electron chi connectivity index (χ3n) is 4.87. The first kappa shape index (κ1) is 18.9. The van der Waals surface area contributed by atoms with E-state index in [-0.39, 0.29) is 23.5 Å². The fraction of sp³-hybridized carbons (Fsp3) is 0.300. The maximum absolute atomic E-state index is 13.4. The molecule has 1 amide bonds. The van der Waals surface area contributed by atoms with Crippen LogP contribution in [0.2, 0.25) is 0 Å². The highest BCUT2D eigenvalue weighted by Crippen LogP contribution is 2.32. The van der Waals surface area contributed by atoms with Crippen LogP contribution in [-0.4, -0.2) is 32.3 Å². The number of oxazole rings is 1. The van der Waals surface area contributed by atoms with Crippen molar-refractivity contribution in [3.8, 4) is 0 Å². The molecular weight excluding hydrogens is 377 g/mol. The normalized spacial score (nSPS) is 16.7. The number of carbonyl (C=O) groups is 1. The van der Waals surface area contributed by atoms with Crippen LogP contribution in [0.3, 0.4) is 0 Å². The second-order valence-corrected chi connectivity index (χ2v) is 7.00. The minimum atomic E-state index is -0.483. The molecule has 0 radical (unpaired) electrons. The zero-order valence-electron chi connectivity index (χ0n) is 15.6. The molecule has 1 saturated heterocycles. The molecular formula is C20H20FN5O3. The number of benzene rings is 1. The van der Waals surface area contributed by atoms with Crippen molar-refractivity contribution < 1.29 is 13.6 Å². The molecule has 29 heavy (non-hydrogen) atoms. The van der Waals surface area contributed by atoms with Gasteiger partial charge >= 0.3 is 0 Å². The van der Waals surface area contributed by atoms with Crippen LogP contribution in [0.25, 0.3) is 0 Å². The SMILES string of the molecule is Nc1nc(C(=O)N2CCCCC2c2ncc(Cc3cccc(F)c3)o2)cc(=O)[nH]1. The number of hydrogen-bond acceptors (Lipinski definition) is 6. The molecule has 1 aliphatic rings. The van der Waals surface area contributed by atoms with Gasteiger partial charge in [0.2, 0.25) is 11.8 Å². The summed E-state index contributed by atoms with van der Waals surface area (Å²) in [5.41, 5.74) is 5.84. The van der Waals surface area contributed by atoms with Crippen LogP contribution in [-0.2, 0) is 6.42 Å². The predicted octanol–water partition coefficient (Wildman–Crippen LogP) is 2.44. The number of likely N-dealkylation sites (tertiary alicyclic amines) is 1. The smallest absolute Gasteiger partial charge is 0.273 e. The molecule has 1 fully saturated rings. The zero-order chi connectivity index (χ0) is 20.4. The summed E-state index contributed by atoms with van der Waals surface area (Å²) in [5, 5.41) is 0. The number of piperidine rings is 1. The van der Waals surface area contributed by atoms with Crippen molar-refractivity contribution in [2.24, 2.45) is 0 Å². The molecule has 8 nitrogen and oxygen atoms in total. The molecule has 0 saturated carbocycles. The van der Waals surface area contributed by atoms with E-state index in [1.807, 2.05) is 6.07 Å². The first-order valence-corrected chi connectivity index (χ1v) is 9.36.